The van der Waals surface area contributed by atoms with Crippen molar-refractivity contribution in [3.8, 4) is 22.9 Å². The summed E-state index contributed by atoms with van der Waals surface area (Å²) in [6, 6.07) is 14.2. The van der Waals surface area contributed by atoms with E-state index < -0.39 is 0 Å². The minimum atomic E-state index is 0.545. The Bertz CT molecular complexity index is 483. The molecule has 1 aromatic carbocycles. The van der Waals surface area contributed by atoms with Gasteiger partial charge in [-0.25, -0.2) is 4.98 Å². The molecule has 0 amide bonds. The fourth-order valence-electron chi connectivity index (χ4n) is 1.47. The van der Waals surface area contributed by atoms with Crippen molar-refractivity contribution in [3.63, 3.8) is 0 Å². The van der Waals surface area contributed by atoms with Gasteiger partial charge in [0.2, 0.25) is 5.88 Å². The molecular weight excluding hydrogens is 202 g/mol. The van der Waals surface area contributed by atoms with Gasteiger partial charge < -0.3 is 9.47 Å². The molecule has 1 aromatic heterocycles. The number of hydrogen-bond donors (Lipinski definition) is 0. The summed E-state index contributed by atoms with van der Waals surface area (Å²) < 4.78 is 10.3. The fraction of sp³-hybridized carbons (Fsp3) is 0.154. The van der Waals surface area contributed by atoms with E-state index in [-0.39, 0.29) is 0 Å². The van der Waals surface area contributed by atoms with Gasteiger partial charge >= 0.3 is 0 Å². The highest BCUT2D eigenvalue weighted by atomic mass is 16.5. The van der Waals surface area contributed by atoms with Gasteiger partial charge in [-0.3, -0.25) is 0 Å². The highest BCUT2D eigenvalue weighted by Crippen LogP contribution is 2.28. The fourth-order valence-corrected chi connectivity index (χ4v) is 1.47. The van der Waals surface area contributed by atoms with Gasteiger partial charge in [0.25, 0.3) is 0 Å². The van der Waals surface area contributed by atoms with E-state index in [0.29, 0.717) is 5.88 Å². The zero-order valence-electron chi connectivity index (χ0n) is 9.23. The number of ether oxygens (including phenoxy) is 2. The third-order valence-electron chi connectivity index (χ3n) is 2.25. The number of nitrogens with zero attached hydrogens (tertiary/aromatic N) is 1. The molecule has 0 atom stereocenters. The van der Waals surface area contributed by atoms with Crippen LogP contribution in [0, 0.1) is 6.07 Å². The van der Waals surface area contributed by atoms with Gasteiger partial charge in [-0.2, -0.15) is 0 Å². The largest absolute Gasteiger partial charge is 0.496 e. The lowest BCUT2D eigenvalue weighted by Crippen LogP contribution is -1.92. The maximum Gasteiger partial charge on any atom is 0.214 e. The molecule has 0 aliphatic carbocycles. The number of pyridine rings is 1. The quantitative estimate of drug-likeness (QED) is 0.786. The van der Waals surface area contributed by atoms with Crippen LogP contribution in [-0.2, 0) is 0 Å². The van der Waals surface area contributed by atoms with Crippen LogP contribution in [0.4, 0.5) is 0 Å². The van der Waals surface area contributed by atoms with E-state index in [1.54, 1.807) is 26.4 Å². The van der Waals surface area contributed by atoms with Crippen LogP contribution in [-0.4, -0.2) is 19.2 Å². The molecule has 1 radical (unpaired) electrons. The molecule has 0 aliphatic heterocycles. The number of para-hydroxylation sites is 1. The summed E-state index contributed by atoms with van der Waals surface area (Å²) in [5.41, 5.74) is 1.72. The van der Waals surface area contributed by atoms with Crippen LogP contribution in [0.3, 0.4) is 0 Å². The number of aromatic nitrogens is 1. The van der Waals surface area contributed by atoms with Crippen LogP contribution in [0.2, 0.25) is 0 Å². The van der Waals surface area contributed by atoms with Gasteiger partial charge in [-0.15, -0.1) is 0 Å². The predicted molar refractivity (Wildman–Crippen MR) is 61.6 cm³/mol. The van der Waals surface area contributed by atoms with E-state index in [1.165, 1.54) is 0 Å². The molecule has 2 aromatic rings. The molecule has 0 spiro atoms. The molecule has 0 fully saturated rings. The molecule has 0 aliphatic rings. The van der Waals surface area contributed by atoms with Crippen molar-refractivity contribution >= 4 is 0 Å². The Hall–Kier alpha value is -2.03. The Morgan fingerprint density at radius 2 is 1.88 bits per heavy atom. The van der Waals surface area contributed by atoms with Crippen molar-refractivity contribution in [2.75, 3.05) is 14.2 Å². The molecule has 0 N–H and O–H groups in total. The van der Waals surface area contributed by atoms with E-state index in [9.17, 15) is 0 Å². The summed E-state index contributed by atoms with van der Waals surface area (Å²) in [4.78, 5) is 4.34. The summed E-state index contributed by atoms with van der Waals surface area (Å²) in [6.07, 6.45) is 0. The number of methoxy groups -OCH3 is 2. The maximum atomic E-state index is 5.28. The second-order valence-electron chi connectivity index (χ2n) is 3.20. The normalized spacial score (nSPS) is 9.88. The monoisotopic (exact) mass is 214 g/mol. The summed E-state index contributed by atoms with van der Waals surface area (Å²) in [5.74, 6) is 1.33. The van der Waals surface area contributed by atoms with E-state index in [0.717, 1.165) is 17.0 Å². The first-order valence-electron chi connectivity index (χ1n) is 4.90. The zero-order valence-corrected chi connectivity index (χ0v) is 9.23. The van der Waals surface area contributed by atoms with Crippen molar-refractivity contribution in [1.29, 1.82) is 0 Å². The van der Waals surface area contributed by atoms with Crippen LogP contribution in [0.5, 0.6) is 11.6 Å². The van der Waals surface area contributed by atoms with Crippen molar-refractivity contribution in [1.82, 2.24) is 4.98 Å². The van der Waals surface area contributed by atoms with Crippen LogP contribution in [0.25, 0.3) is 11.3 Å². The van der Waals surface area contributed by atoms with Crippen LogP contribution >= 0.6 is 0 Å². The standard InChI is InChI=1S/C13H12NO2/c1-15-12-8-4-3-6-10(12)11-7-5-9-13(14-11)16-2/h3-4,6-9H,1-2H3. The summed E-state index contributed by atoms with van der Waals surface area (Å²) in [6.45, 7) is 0. The van der Waals surface area contributed by atoms with Gasteiger partial charge in [-0.05, 0) is 24.3 Å². The Labute approximate surface area is 94.7 Å². The van der Waals surface area contributed by atoms with E-state index >= 15 is 0 Å². The lowest BCUT2D eigenvalue weighted by Gasteiger charge is -2.08. The van der Waals surface area contributed by atoms with Crippen molar-refractivity contribution < 1.29 is 9.47 Å². The third-order valence-corrected chi connectivity index (χ3v) is 2.25. The maximum absolute atomic E-state index is 5.28. The minimum absolute atomic E-state index is 0.545. The lowest BCUT2D eigenvalue weighted by molar-refractivity contribution is 0.398. The Morgan fingerprint density at radius 1 is 1.06 bits per heavy atom. The zero-order chi connectivity index (χ0) is 11.4. The molecule has 0 saturated carbocycles. The van der Waals surface area contributed by atoms with Crippen molar-refractivity contribution in [2.24, 2.45) is 0 Å². The smallest absolute Gasteiger partial charge is 0.214 e. The molecule has 0 saturated heterocycles. The van der Waals surface area contributed by atoms with Crippen molar-refractivity contribution in [3.05, 3.63) is 42.5 Å². The van der Waals surface area contributed by atoms with Gasteiger partial charge in [0.05, 0.1) is 19.9 Å². The Morgan fingerprint density at radius 3 is 2.62 bits per heavy atom. The van der Waals surface area contributed by atoms with E-state index in [4.69, 9.17) is 9.47 Å². The predicted octanol–water partition coefficient (Wildman–Crippen LogP) is 2.57. The highest BCUT2D eigenvalue weighted by Gasteiger charge is 2.06. The third kappa shape index (κ3) is 1.98. The van der Waals surface area contributed by atoms with E-state index in [1.807, 2.05) is 24.3 Å². The summed E-state index contributed by atoms with van der Waals surface area (Å²) in [7, 11) is 3.23. The molecule has 0 unspecified atom stereocenters. The molecule has 1 heterocycles. The average molecular weight is 214 g/mol. The molecule has 16 heavy (non-hydrogen) atoms. The lowest BCUT2D eigenvalue weighted by atomic mass is 10.1. The number of hydrogen-bond acceptors (Lipinski definition) is 3. The van der Waals surface area contributed by atoms with Gasteiger partial charge in [0, 0.05) is 11.6 Å². The van der Waals surface area contributed by atoms with Crippen molar-refractivity contribution in [2.45, 2.75) is 0 Å². The van der Waals surface area contributed by atoms with Crippen LogP contribution in [0.1, 0.15) is 0 Å². The summed E-state index contributed by atoms with van der Waals surface area (Å²) >= 11 is 0. The topological polar surface area (TPSA) is 31.4 Å². The first kappa shape index (κ1) is 10.5. The minimum Gasteiger partial charge on any atom is -0.496 e. The van der Waals surface area contributed by atoms with Crippen LogP contribution < -0.4 is 9.47 Å². The summed E-state index contributed by atoms with van der Waals surface area (Å²) in [5, 5.41) is 0. The molecule has 3 heteroatoms. The van der Waals surface area contributed by atoms with E-state index in [2.05, 4.69) is 11.1 Å². The molecule has 81 valence electrons. The SMILES string of the molecule is COc1c[c]cc(-c2ccccc2OC)n1. The van der Waals surface area contributed by atoms with Gasteiger partial charge in [-0.1, -0.05) is 12.1 Å². The second-order valence-corrected chi connectivity index (χ2v) is 3.20. The number of benzene rings is 1. The van der Waals surface area contributed by atoms with Gasteiger partial charge in [0.15, 0.2) is 0 Å². The first-order valence-corrected chi connectivity index (χ1v) is 4.90. The Kier molecular flexibility index (Phi) is 3.05. The first-order chi connectivity index (χ1) is 7.85. The van der Waals surface area contributed by atoms with Crippen LogP contribution in [0.15, 0.2) is 36.4 Å². The average Bonchev–Trinajstić information content (AvgIpc) is 2.38. The number of rotatable bonds is 3. The molecule has 0 bridgehead atoms. The highest BCUT2D eigenvalue weighted by molar-refractivity contribution is 5.67. The molecular formula is C13H12NO2. The molecule has 3 nitrogen and oxygen atoms in total. The Balaban J connectivity index is 2.49. The molecule has 2 rings (SSSR count). The van der Waals surface area contributed by atoms with Gasteiger partial charge in [0.1, 0.15) is 5.75 Å². The second kappa shape index (κ2) is 4.66.